The van der Waals surface area contributed by atoms with Crippen LogP contribution in [0.5, 0.6) is 0 Å². The summed E-state index contributed by atoms with van der Waals surface area (Å²) in [7, 11) is 0. The molecule has 2 heterocycles. The lowest BCUT2D eigenvalue weighted by Gasteiger charge is -2.31. The fourth-order valence-corrected chi connectivity index (χ4v) is 4.11. The van der Waals surface area contributed by atoms with Crippen LogP contribution >= 0.6 is 0 Å². The monoisotopic (exact) mass is 400 g/mol. The summed E-state index contributed by atoms with van der Waals surface area (Å²) >= 11 is 0. The molecule has 1 fully saturated rings. The minimum atomic E-state index is -0.0422. The van der Waals surface area contributed by atoms with E-state index in [9.17, 15) is 4.79 Å². The number of hydrogen-bond acceptors (Lipinski definition) is 4. The van der Waals surface area contributed by atoms with Crippen LogP contribution in [0.15, 0.2) is 60.9 Å². The third-order valence-corrected chi connectivity index (χ3v) is 5.76. The number of nitrogens with zero attached hydrogens (tertiary/aromatic N) is 3. The van der Waals surface area contributed by atoms with Crippen LogP contribution in [0.1, 0.15) is 42.5 Å². The number of piperidine rings is 1. The smallest absolute Gasteiger partial charge is 0.221 e. The number of anilines is 1. The summed E-state index contributed by atoms with van der Waals surface area (Å²) in [4.78, 5) is 23.1. The highest BCUT2D eigenvalue weighted by atomic mass is 16.1. The minimum Gasteiger partial charge on any atom is -0.326 e. The molecular weight excluding hydrogens is 372 g/mol. The van der Waals surface area contributed by atoms with E-state index in [2.05, 4.69) is 58.5 Å². The first-order chi connectivity index (χ1) is 14.6. The minimum absolute atomic E-state index is 0.0422. The van der Waals surface area contributed by atoms with Crippen molar-refractivity contribution in [2.24, 2.45) is 0 Å². The first-order valence-corrected chi connectivity index (χ1v) is 10.6. The van der Waals surface area contributed by atoms with Crippen LogP contribution in [-0.2, 0) is 11.3 Å². The van der Waals surface area contributed by atoms with Crippen molar-refractivity contribution in [1.29, 1.82) is 0 Å². The molecule has 30 heavy (non-hydrogen) atoms. The van der Waals surface area contributed by atoms with Crippen LogP contribution < -0.4 is 5.32 Å². The Morgan fingerprint density at radius 1 is 1.07 bits per heavy atom. The highest BCUT2D eigenvalue weighted by molar-refractivity contribution is 5.88. The van der Waals surface area contributed by atoms with E-state index < -0.39 is 0 Å². The highest BCUT2D eigenvalue weighted by Gasteiger charge is 2.22. The molecule has 1 saturated heterocycles. The second-order valence-corrected chi connectivity index (χ2v) is 8.07. The van der Waals surface area contributed by atoms with Gasteiger partial charge in [-0.15, -0.1) is 0 Å². The van der Waals surface area contributed by atoms with Crippen LogP contribution in [0.4, 0.5) is 5.69 Å². The Hall–Kier alpha value is -3.05. The van der Waals surface area contributed by atoms with Crippen LogP contribution in [0, 0.1) is 6.92 Å². The molecule has 5 nitrogen and oxygen atoms in total. The number of benzene rings is 2. The molecule has 1 amide bonds. The Balaban J connectivity index is 1.36. The Morgan fingerprint density at radius 2 is 1.80 bits per heavy atom. The van der Waals surface area contributed by atoms with E-state index in [1.54, 1.807) is 0 Å². The van der Waals surface area contributed by atoms with E-state index in [0.717, 1.165) is 55.1 Å². The fourth-order valence-electron chi connectivity index (χ4n) is 4.11. The molecule has 0 atom stereocenters. The van der Waals surface area contributed by atoms with Gasteiger partial charge in [0.05, 0.1) is 17.6 Å². The van der Waals surface area contributed by atoms with Crippen molar-refractivity contribution in [3.05, 3.63) is 77.7 Å². The Morgan fingerprint density at radius 3 is 2.50 bits per heavy atom. The van der Waals surface area contributed by atoms with Crippen molar-refractivity contribution in [1.82, 2.24) is 14.9 Å². The van der Waals surface area contributed by atoms with Gasteiger partial charge in [0.25, 0.3) is 0 Å². The molecule has 5 heteroatoms. The number of carbonyl (C=O) groups is 1. The molecule has 2 aromatic carbocycles. The number of rotatable bonds is 5. The van der Waals surface area contributed by atoms with E-state index in [1.807, 2.05) is 24.5 Å². The number of aryl methyl sites for hydroxylation is 1. The van der Waals surface area contributed by atoms with Crippen molar-refractivity contribution in [3.63, 3.8) is 0 Å². The molecule has 1 aliphatic heterocycles. The first-order valence-electron chi connectivity index (χ1n) is 10.6. The number of carbonyl (C=O) groups excluding carboxylic acids is 1. The molecule has 0 aliphatic carbocycles. The summed E-state index contributed by atoms with van der Waals surface area (Å²) in [6, 6.07) is 16.5. The van der Waals surface area contributed by atoms with Crippen molar-refractivity contribution < 1.29 is 4.79 Å². The Kier molecular flexibility index (Phi) is 6.19. The van der Waals surface area contributed by atoms with E-state index in [4.69, 9.17) is 4.98 Å². The second-order valence-electron chi connectivity index (χ2n) is 8.07. The van der Waals surface area contributed by atoms with Gasteiger partial charge in [0.15, 0.2) is 0 Å². The molecule has 0 unspecified atom stereocenters. The molecule has 1 N–H and O–H groups in total. The zero-order chi connectivity index (χ0) is 20.9. The van der Waals surface area contributed by atoms with Gasteiger partial charge >= 0.3 is 0 Å². The van der Waals surface area contributed by atoms with Crippen molar-refractivity contribution in [2.45, 2.75) is 39.2 Å². The summed E-state index contributed by atoms with van der Waals surface area (Å²) in [6.45, 7) is 6.68. The third-order valence-electron chi connectivity index (χ3n) is 5.76. The molecular formula is C25H28N4O. The Bertz CT molecular complexity index is 1010. The zero-order valence-electron chi connectivity index (χ0n) is 17.6. The van der Waals surface area contributed by atoms with Crippen molar-refractivity contribution in [3.8, 4) is 11.3 Å². The average Bonchev–Trinajstić information content (AvgIpc) is 2.76. The molecule has 1 aromatic heterocycles. The number of amides is 1. The number of likely N-dealkylation sites (tertiary alicyclic amines) is 1. The number of nitrogens with one attached hydrogen (secondary N) is 1. The van der Waals surface area contributed by atoms with Crippen molar-refractivity contribution in [2.75, 3.05) is 18.4 Å². The maximum Gasteiger partial charge on any atom is 0.221 e. The fraction of sp³-hybridized carbons (Fsp3) is 0.320. The zero-order valence-corrected chi connectivity index (χ0v) is 17.6. The first kappa shape index (κ1) is 20.2. The molecule has 4 rings (SSSR count). The summed E-state index contributed by atoms with van der Waals surface area (Å²) in [5, 5.41) is 2.81. The molecule has 154 valence electrons. The van der Waals surface area contributed by atoms with Gasteiger partial charge in [0.1, 0.15) is 0 Å². The summed E-state index contributed by atoms with van der Waals surface area (Å²) in [6.07, 6.45) is 5.99. The van der Waals surface area contributed by atoms with E-state index in [0.29, 0.717) is 5.92 Å². The molecule has 0 bridgehead atoms. The maximum absolute atomic E-state index is 11.2. The Labute approximate surface area is 178 Å². The quantitative estimate of drug-likeness (QED) is 0.669. The number of hydrogen-bond donors (Lipinski definition) is 1. The van der Waals surface area contributed by atoms with E-state index in [-0.39, 0.29) is 5.91 Å². The van der Waals surface area contributed by atoms with Gasteiger partial charge in [-0.1, -0.05) is 36.4 Å². The van der Waals surface area contributed by atoms with E-state index in [1.165, 1.54) is 18.1 Å². The topological polar surface area (TPSA) is 58.1 Å². The third kappa shape index (κ3) is 4.92. The molecule has 0 saturated carbocycles. The normalized spacial score (nSPS) is 15.1. The summed E-state index contributed by atoms with van der Waals surface area (Å²) < 4.78 is 0. The molecule has 0 radical (unpaired) electrons. The SMILES string of the molecule is CC(=O)Nc1ccc(CN2CCC(c3cncc(-c4ccccc4C)n3)CC2)cc1. The second kappa shape index (κ2) is 9.18. The maximum atomic E-state index is 11.2. The molecule has 1 aliphatic rings. The lowest BCUT2D eigenvalue weighted by Crippen LogP contribution is -2.32. The lowest BCUT2D eigenvalue weighted by molar-refractivity contribution is -0.114. The largest absolute Gasteiger partial charge is 0.326 e. The van der Waals surface area contributed by atoms with Crippen molar-refractivity contribution >= 4 is 11.6 Å². The van der Waals surface area contributed by atoms with Gasteiger partial charge in [0.2, 0.25) is 5.91 Å². The lowest BCUT2D eigenvalue weighted by atomic mass is 9.93. The van der Waals surface area contributed by atoms with Gasteiger partial charge in [-0.25, -0.2) is 4.98 Å². The van der Waals surface area contributed by atoms with Crippen LogP contribution in [0.25, 0.3) is 11.3 Å². The van der Waals surface area contributed by atoms with Gasteiger partial charge < -0.3 is 5.32 Å². The van der Waals surface area contributed by atoms with E-state index >= 15 is 0 Å². The van der Waals surface area contributed by atoms with Gasteiger partial charge in [-0.05, 0) is 56.1 Å². The predicted molar refractivity (Wildman–Crippen MR) is 120 cm³/mol. The van der Waals surface area contributed by atoms with Crippen LogP contribution in [0.3, 0.4) is 0 Å². The van der Waals surface area contributed by atoms with Gasteiger partial charge in [-0.2, -0.15) is 0 Å². The predicted octanol–water partition coefficient (Wildman–Crippen LogP) is 4.79. The highest BCUT2D eigenvalue weighted by Crippen LogP contribution is 2.29. The van der Waals surface area contributed by atoms with Gasteiger partial charge in [-0.3, -0.25) is 14.7 Å². The van der Waals surface area contributed by atoms with Crippen LogP contribution in [0.2, 0.25) is 0 Å². The number of aromatic nitrogens is 2. The molecule has 0 spiro atoms. The molecule has 3 aromatic rings. The van der Waals surface area contributed by atoms with Gasteiger partial charge in [0, 0.05) is 36.8 Å². The van der Waals surface area contributed by atoms with Crippen LogP contribution in [-0.4, -0.2) is 33.9 Å². The average molecular weight is 401 g/mol. The standard InChI is InChI=1S/C25H28N4O/c1-18-5-3-4-6-23(18)25-16-26-15-24(28-25)21-11-13-29(14-12-21)17-20-7-9-22(10-8-20)27-19(2)30/h3-10,15-16,21H,11-14,17H2,1-2H3,(H,27,30). The summed E-state index contributed by atoms with van der Waals surface area (Å²) in [5.74, 6) is 0.416. The summed E-state index contributed by atoms with van der Waals surface area (Å²) in [5.41, 5.74) is 6.57.